The van der Waals surface area contributed by atoms with Crippen molar-refractivity contribution in [3.05, 3.63) is 23.0 Å². The third-order valence-corrected chi connectivity index (χ3v) is 5.64. The highest BCUT2D eigenvalue weighted by molar-refractivity contribution is 6.32. The van der Waals surface area contributed by atoms with Crippen LogP contribution in [-0.4, -0.2) is 55.5 Å². The number of likely N-dealkylation sites (tertiary alicyclic amines) is 1. The fourth-order valence-electron chi connectivity index (χ4n) is 3.51. The fourth-order valence-corrected chi connectivity index (χ4v) is 3.65. The quantitative estimate of drug-likeness (QED) is 0.699. The molecule has 1 unspecified atom stereocenters. The standard InChI is InChI=1S/C21H32ClN7O2/c1-13-11-17(27-28(13)6)25-19-23-12-16(22)18(26-19)24-14(2)15-7-9-29(10-8-15)20(30)31-21(3,4)5/h11-12,14-15H,7-10H2,1-6H3,(H2,23,24,25,26,27). The van der Waals surface area contributed by atoms with Gasteiger partial charge in [-0.25, -0.2) is 9.78 Å². The Morgan fingerprint density at radius 3 is 2.58 bits per heavy atom. The molecule has 10 heteroatoms. The number of hydrogen-bond acceptors (Lipinski definition) is 7. The summed E-state index contributed by atoms with van der Waals surface area (Å²) in [6.45, 7) is 11.1. The Morgan fingerprint density at radius 1 is 1.32 bits per heavy atom. The molecule has 3 rings (SSSR count). The monoisotopic (exact) mass is 449 g/mol. The van der Waals surface area contributed by atoms with Crippen LogP contribution < -0.4 is 10.6 Å². The molecule has 0 spiro atoms. The van der Waals surface area contributed by atoms with Crippen LogP contribution in [-0.2, 0) is 11.8 Å². The molecule has 0 saturated carbocycles. The number of aromatic nitrogens is 4. The van der Waals surface area contributed by atoms with Crippen molar-refractivity contribution in [3.63, 3.8) is 0 Å². The molecular formula is C21H32ClN7O2. The number of nitrogens with zero attached hydrogens (tertiary/aromatic N) is 5. The lowest BCUT2D eigenvalue weighted by Gasteiger charge is -2.36. The minimum Gasteiger partial charge on any atom is -0.444 e. The van der Waals surface area contributed by atoms with E-state index < -0.39 is 5.60 Å². The van der Waals surface area contributed by atoms with Gasteiger partial charge < -0.3 is 20.3 Å². The molecule has 1 aliphatic rings. The molecule has 2 aromatic heterocycles. The number of carbonyl (C=O) groups is 1. The van der Waals surface area contributed by atoms with Gasteiger partial charge in [0, 0.05) is 37.9 Å². The molecule has 0 aliphatic carbocycles. The predicted molar refractivity (Wildman–Crippen MR) is 122 cm³/mol. The van der Waals surface area contributed by atoms with Crippen molar-refractivity contribution in [1.82, 2.24) is 24.6 Å². The number of rotatable bonds is 5. The summed E-state index contributed by atoms with van der Waals surface area (Å²) in [5.41, 5.74) is 0.549. The van der Waals surface area contributed by atoms with E-state index in [1.165, 1.54) is 0 Å². The summed E-state index contributed by atoms with van der Waals surface area (Å²) in [5, 5.41) is 11.4. The molecule has 0 radical (unpaired) electrons. The van der Waals surface area contributed by atoms with E-state index in [0.29, 0.717) is 41.6 Å². The van der Waals surface area contributed by atoms with Crippen LogP contribution in [0.2, 0.25) is 5.02 Å². The Balaban J connectivity index is 1.58. The third kappa shape index (κ3) is 6.22. The van der Waals surface area contributed by atoms with Crippen molar-refractivity contribution >= 4 is 35.3 Å². The van der Waals surface area contributed by atoms with Crippen LogP contribution in [0, 0.1) is 12.8 Å². The molecule has 1 aliphatic heterocycles. The summed E-state index contributed by atoms with van der Waals surface area (Å²) in [6.07, 6.45) is 3.10. The Hall–Kier alpha value is -2.55. The molecular weight excluding hydrogens is 418 g/mol. The summed E-state index contributed by atoms with van der Waals surface area (Å²) in [6, 6.07) is 2.06. The van der Waals surface area contributed by atoms with Crippen molar-refractivity contribution in [2.45, 2.75) is 59.1 Å². The van der Waals surface area contributed by atoms with Crippen LogP contribution in [0.25, 0.3) is 0 Å². The van der Waals surface area contributed by atoms with E-state index in [1.807, 2.05) is 40.8 Å². The van der Waals surface area contributed by atoms with Gasteiger partial charge in [0.2, 0.25) is 5.95 Å². The van der Waals surface area contributed by atoms with Crippen LogP contribution in [0.5, 0.6) is 0 Å². The largest absolute Gasteiger partial charge is 0.444 e. The van der Waals surface area contributed by atoms with Crippen molar-refractivity contribution in [3.8, 4) is 0 Å². The Bertz CT molecular complexity index is 897. The van der Waals surface area contributed by atoms with Crippen LogP contribution in [0.3, 0.4) is 0 Å². The minimum atomic E-state index is -0.480. The van der Waals surface area contributed by atoms with Crippen molar-refractivity contribution in [2.75, 3.05) is 23.7 Å². The summed E-state index contributed by atoms with van der Waals surface area (Å²) in [7, 11) is 1.88. The number of amides is 1. The van der Waals surface area contributed by atoms with Gasteiger partial charge in [-0.15, -0.1) is 0 Å². The van der Waals surface area contributed by atoms with E-state index in [2.05, 4.69) is 32.6 Å². The van der Waals surface area contributed by atoms with Gasteiger partial charge in [0.05, 0.1) is 6.20 Å². The molecule has 0 aromatic carbocycles. The van der Waals surface area contributed by atoms with E-state index in [-0.39, 0.29) is 12.1 Å². The molecule has 1 fully saturated rings. The molecule has 1 amide bonds. The van der Waals surface area contributed by atoms with Gasteiger partial charge >= 0.3 is 6.09 Å². The van der Waals surface area contributed by atoms with E-state index in [1.54, 1.807) is 15.8 Å². The highest BCUT2D eigenvalue weighted by Crippen LogP contribution is 2.27. The normalized spacial score (nSPS) is 16.2. The highest BCUT2D eigenvalue weighted by atomic mass is 35.5. The molecule has 1 atom stereocenters. The number of hydrogen-bond donors (Lipinski definition) is 2. The lowest BCUT2D eigenvalue weighted by molar-refractivity contribution is 0.0179. The number of carbonyl (C=O) groups excluding carboxylic acids is 1. The number of aryl methyl sites for hydroxylation is 2. The lowest BCUT2D eigenvalue weighted by atomic mass is 9.90. The maximum atomic E-state index is 12.3. The Morgan fingerprint density at radius 2 is 2.00 bits per heavy atom. The topological polar surface area (TPSA) is 97.2 Å². The summed E-state index contributed by atoms with van der Waals surface area (Å²) in [4.78, 5) is 22.8. The molecule has 170 valence electrons. The number of ether oxygens (including phenoxy) is 1. The summed E-state index contributed by atoms with van der Waals surface area (Å²) < 4.78 is 7.26. The number of halogens is 1. The SMILES string of the molecule is Cc1cc(Nc2ncc(Cl)c(NC(C)C3CCN(C(=O)OC(C)(C)C)CC3)n2)nn1C. The van der Waals surface area contributed by atoms with E-state index in [0.717, 1.165) is 18.5 Å². The second-order valence-electron chi connectivity index (χ2n) is 9.05. The number of nitrogens with one attached hydrogen (secondary N) is 2. The summed E-state index contributed by atoms with van der Waals surface area (Å²) in [5.74, 6) is 2.07. The van der Waals surface area contributed by atoms with Gasteiger partial charge in [-0.2, -0.15) is 10.1 Å². The molecule has 3 heterocycles. The van der Waals surface area contributed by atoms with Crippen LogP contribution >= 0.6 is 11.6 Å². The molecule has 0 bridgehead atoms. The zero-order chi connectivity index (χ0) is 22.8. The van der Waals surface area contributed by atoms with Crippen LogP contribution in [0.15, 0.2) is 12.3 Å². The van der Waals surface area contributed by atoms with Gasteiger partial charge in [-0.05, 0) is 53.4 Å². The first kappa shape index (κ1) is 23.1. The van der Waals surface area contributed by atoms with Crippen molar-refractivity contribution in [1.29, 1.82) is 0 Å². The Kier molecular flexibility index (Phi) is 6.93. The van der Waals surface area contributed by atoms with Gasteiger partial charge in [0.15, 0.2) is 11.6 Å². The predicted octanol–water partition coefficient (Wildman–Crippen LogP) is 4.36. The first-order valence-electron chi connectivity index (χ1n) is 10.6. The molecule has 9 nitrogen and oxygen atoms in total. The average molecular weight is 450 g/mol. The summed E-state index contributed by atoms with van der Waals surface area (Å²) >= 11 is 6.33. The first-order chi connectivity index (χ1) is 14.5. The zero-order valence-electron chi connectivity index (χ0n) is 19.1. The molecule has 2 N–H and O–H groups in total. The van der Waals surface area contributed by atoms with Gasteiger partial charge in [-0.3, -0.25) is 4.68 Å². The minimum absolute atomic E-state index is 0.137. The second kappa shape index (κ2) is 9.30. The van der Waals surface area contributed by atoms with Gasteiger partial charge in [0.1, 0.15) is 10.6 Å². The maximum Gasteiger partial charge on any atom is 0.410 e. The molecule has 1 saturated heterocycles. The second-order valence-corrected chi connectivity index (χ2v) is 9.45. The van der Waals surface area contributed by atoms with Crippen molar-refractivity contribution < 1.29 is 9.53 Å². The van der Waals surface area contributed by atoms with Gasteiger partial charge in [0.25, 0.3) is 0 Å². The molecule has 31 heavy (non-hydrogen) atoms. The van der Waals surface area contributed by atoms with Gasteiger partial charge in [-0.1, -0.05) is 11.6 Å². The Labute approximate surface area is 188 Å². The zero-order valence-corrected chi connectivity index (χ0v) is 19.8. The van der Waals surface area contributed by atoms with Crippen LogP contribution in [0.4, 0.5) is 22.4 Å². The van der Waals surface area contributed by atoms with E-state index >= 15 is 0 Å². The highest BCUT2D eigenvalue weighted by Gasteiger charge is 2.29. The average Bonchev–Trinajstić information content (AvgIpc) is 3.00. The first-order valence-corrected chi connectivity index (χ1v) is 10.9. The van der Waals surface area contributed by atoms with Crippen LogP contribution in [0.1, 0.15) is 46.2 Å². The fraction of sp³-hybridized carbons (Fsp3) is 0.619. The van der Waals surface area contributed by atoms with E-state index in [9.17, 15) is 4.79 Å². The van der Waals surface area contributed by atoms with Crippen molar-refractivity contribution in [2.24, 2.45) is 13.0 Å². The smallest absolute Gasteiger partial charge is 0.410 e. The number of anilines is 3. The van der Waals surface area contributed by atoms with E-state index in [4.69, 9.17) is 16.3 Å². The number of piperidine rings is 1. The third-order valence-electron chi connectivity index (χ3n) is 5.36. The maximum absolute atomic E-state index is 12.3. The molecule has 2 aromatic rings. The lowest BCUT2D eigenvalue weighted by Crippen LogP contribution is -2.44.